The van der Waals surface area contributed by atoms with Crippen molar-refractivity contribution in [2.24, 2.45) is 5.41 Å². The van der Waals surface area contributed by atoms with Gasteiger partial charge < -0.3 is 24.8 Å². The third-order valence-corrected chi connectivity index (χ3v) is 14.0. The van der Waals surface area contributed by atoms with Gasteiger partial charge >= 0.3 is 0 Å². The molecule has 7 rings (SSSR count). The highest BCUT2D eigenvalue weighted by Gasteiger charge is 2.32. The number of sulfonamides is 1. The van der Waals surface area contributed by atoms with Crippen LogP contribution < -0.4 is 24.6 Å². The molecule has 0 bridgehead atoms. The zero-order valence-corrected chi connectivity index (χ0v) is 38.1. The van der Waals surface area contributed by atoms with Crippen LogP contribution in [0.25, 0.3) is 5.57 Å². The fourth-order valence-electron chi connectivity index (χ4n) is 8.71. The Morgan fingerprint density at radius 3 is 2.30 bits per heavy atom. The highest BCUT2D eigenvalue weighted by molar-refractivity contribution is 7.90. The second-order valence-electron chi connectivity index (χ2n) is 17.6. The molecule has 2 fully saturated rings. The Morgan fingerprint density at radius 2 is 1.62 bits per heavy atom. The van der Waals surface area contributed by atoms with Gasteiger partial charge in [0.15, 0.2) is 0 Å². The predicted octanol–water partition coefficient (Wildman–Crippen LogP) is 7.84. The van der Waals surface area contributed by atoms with Gasteiger partial charge in [0.2, 0.25) is 0 Å². The lowest BCUT2D eigenvalue weighted by atomic mass is 9.72. The Bertz CT molecular complexity index is 2500. The molecule has 4 aromatic rings. The van der Waals surface area contributed by atoms with E-state index < -0.39 is 25.7 Å². The van der Waals surface area contributed by atoms with Crippen molar-refractivity contribution in [3.63, 3.8) is 0 Å². The maximum Gasteiger partial charge on any atom is 0.293 e. The molecule has 1 aliphatic carbocycles. The minimum atomic E-state index is -4.61. The molecule has 63 heavy (non-hydrogen) atoms. The molecule has 0 aromatic heterocycles. The number of nitro benzene ring substituents is 1. The molecule has 2 heterocycles. The van der Waals surface area contributed by atoms with Crippen molar-refractivity contribution in [2.75, 3.05) is 76.8 Å². The minimum Gasteiger partial charge on any atom is -0.456 e. The molecule has 334 valence electrons. The number of piperazine rings is 1. The Balaban J connectivity index is 1.14. The number of ether oxygens (including phenoxy) is 1. The van der Waals surface area contributed by atoms with Crippen molar-refractivity contribution in [1.29, 1.82) is 0 Å². The Labute approximate surface area is 375 Å². The molecule has 2 amide bonds. The molecule has 0 saturated carbocycles. The van der Waals surface area contributed by atoms with Crippen molar-refractivity contribution in [3.8, 4) is 11.5 Å². The number of anilines is 2. The van der Waals surface area contributed by atoms with Crippen LogP contribution in [0, 0.1) is 15.5 Å². The highest BCUT2D eigenvalue weighted by Crippen LogP contribution is 2.44. The van der Waals surface area contributed by atoms with Gasteiger partial charge in [0.25, 0.3) is 27.5 Å². The molecule has 0 atom stereocenters. The lowest BCUT2D eigenvalue weighted by Gasteiger charge is -2.39. The van der Waals surface area contributed by atoms with Crippen LogP contribution in [0.3, 0.4) is 0 Å². The number of carbonyl (C=O) groups excluding carboxylic acids is 2. The van der Waals surface area contributed by atoms with Crippen molar-refractivity contribution >= 4 is 56.1 Å². The van der Waals surface area contributed by atoms with E-state index in [4.69, 9.17) is 16.3 Å². The van der Waals surface area contributed by atoms with E-state index in [1.54, 1.807) is 57.5 Å². The van der Waals surface area contributed by atoms with Crippen LogP contribution in [0.15, 0.2) is 95.4 Å². The average Bonchev–Trinajstić information content (AvgIpc) is 3.27. The predicted molar refractivity (Wildman–Crippen MR) is 248 cm³/mol. The Morgan fingerprint density at radius 1 is 0.921 bits per heavy atom. The molecule has 0 unspecified atom stereocenters. The molecule has 2 N–H and O–H groups in total. The zero-order valence-electron chi connectivity index (χ0n) is 36.5. The third kappa shape index (κ3) is 10.7. The maximum atomic E-state index is 14.1. The van der Waals surface area contributed by atoms with Crippen LogP contribution in [-0.4, -0.2) is 108 Å². The number of nitrogens with zero attached hydrogens (tertiary/aromatic N) is 5. The number of hydrogen-bond donors (Lipinski definition) is 2. The molecule has 0 radical (unpaired) electrons. The molecule has 0 spiro atoms. The van der Waals surface area contributed by atoms with Gasteiger partial charge in [-0.15, -0.1) is 0 Å². The van der Waals surface area contributed by atoms with E-state index in [0.717, 1.165) is 81.6 Å². The number of hydrogen-bond acceptors (Lipinski definition) is 11. The molecule has 2 aliphatic heterocycles. The number of rotatable bonds is 13. The fourth-order valence-corrected chi connectivity index (χ4v) is 9.82. The molecule has 4 aromatic carbocycles. The molecular weight excluding hydrogens is 842 g/mol. The summed E-state index contributed by atoms with van der Waals surface area (Å²) in [6.45, 7) is 10.0. The topological polar surface area (TPSA) is 158 Å². The number of piperidine rings is 1. The smallest absolute Gasteiger partial charge is 0.293 e. The number of benzene rings is 4. The second kappa shape index (κ2) is 19.1. The third-order valence-electron chi connectivity index (χ3n) is 12.4. The summed E-state index contributed by atoms with van der Waals surface area (Å²) in [7, 11) is 0.396. The number of nitro groups is 1. The normalized spacial score (nSPS) is 17.3. The molecule has 16 heteroatoms. The van der Waals surface area contributed by atoms with Gasteiger partial charge in [0, 0.05) is 82.8 Å². The van der Waals surface area contributed by atoms with Crippen molar-refractivity contribution in [2.45, 2.75) is 56.9 Å². The minimum absolute atomic E-state index is 0.0362. The van der Waals surface area contributed by atoms with Gasteiger partial charge in [0.05, 0.1) is 20.9 Å². The summed E-state index contributed by atoms with van der Waals surface area (Å²) in [6, 6.07) is 23.4. The second-order valence-corrected chi connectivity index (χ2v) is 19.7. The van der Waals surface area contributed by atoms with Gasteiger partial charge in [0.1, 0.15) is 17.2 Å². The first-order chi connectivity index (χ1) is 30.0. The Kier molecular flexibility index (Phi) is 13.8. The summed E-state index contributed by atoms with van der Waals surface area (Å²) in [5.41, 5.74) is 5.07. The lowest BCUT2D eigenvalue weighted by Crippen LogP contribution is -2.47. The first kappa shape index (κ1) is 45.5. The highest BCUT2D eigenvalue weighted by atomic mass is 35.5. The van der Waals surface area contributed by atoms with Crippen LogP contribution in [0.4, 0.5) is 17.1 Å². The summed E-state index contributed by atoms with van der Waals surface area (Å²) in [5.74, 6) is -1.11. The Hall–Kier alpha value is -5.48. The van der Waals surface area contributed by atoms with Gasteiger partial charge in [-0.25, -0.2) is 13.1 Å². The van der Waals surface area contributed by atoms with Crippen molar-refractivity contribution < 1.29 is 27.7 Å². The summed E-state index contributed by atoms with van der Waals surface area (Å²) in [6.07, 6.45) is 4.71. The number of amides is 2. The summed E-state index contributed by atoms with van der Waals surface area (Å²) < 4.78 is 36.1. The summed E-state index contributed by atoms with van der Waals surface area (Å²) in [5, 5.41) is 16.3. The van der Waals surface area contributed by atoms with E-state index in [9.17, 15) is 28.1 Å². The molecule has 3 aliphatic rings. The van der Waals surface area contributed by atoms with Crippen LogP contribution >= 0.6 is 11.6 Å². The first-order valence-corrected chi connectivity index (χ1v) is 23.2. The number of allylic oxidation sites excluding steroid dienone is 1. The van der Waals surface area contributed by atoms with Gasteiger partial charge in [-0.1, -0.05) is 55.3 Å². The maximum absolute atomic E-state index is 14.1. The fraction of sp³-hybridized carbons (Fsp3) is 0.404. The van der Waals surface area contributed by atoms with E-state index in [1.165, 1.54) is 39.8 Å². The van der Waals surface area contributed by atoms with E-state index in [2.05, 4.69) is 45.8 Å². The van der Waals surface area contributed by atoms with Crippen LogP contribution in [-0.2, 0) is 10.0 Å². The number of carbonyl (C=O) groups is 2. The van der Waals surface area contributed by atoms with Crippen molar-refractivity contribution in [3.05, 3.63) is 122 Å². The lowest BCUT2D eigenvalue weighted by molar-refractivity contribution is -0.384. The van der Waals surface area contributed by atoms with Crippen LogP contribution in [0.5, 0.6) is 11.5 Å². The molecule has 2 saturated heterocycles. The monoisotopic (exact) mass is 897 g/mol. The summed E-state index contributed by atoms with van der Waals surface area (Å²) in [4.78, 5) is 46.3. The number of nitrogens with one attached hydrogen (secondary N) is 2. The van der Waals surface area contributed by atoms with Crippen LogP contribution in [0.1, 0.15) is 72.2 Å². The van der Waals surface area contributed by atoms with Gasteiger partial charge in [-0.3, -0.25) is 24.6 Å². The standard InChI is InChI=1S/C47H56ClN7O7S/c1-47(2)21-18-33(40(30-47)32-10-12-34(48)13-11-32)31-53-24-26-54(27-25-53)36-14-16-38(44(28-36)62-43-9-7-6-8-39(43)46(57)51(3)4)45(56)50-63(60,61)37-15-17-41(42(29-37)55(58)59)52(5)35-19-22-49-23-20-35/h6-17,28-29,35,49H,18-27,30-31H2,1-5H3,(H,50,56). The number of halogens is 1. The average molecular weight is 899 g/mol. The number of para-hydroxylation sites is 1. The zero-order chi connectivity index (χ0) is 45.1. The quantitative estimate of drug-likeness (QED) is 0.0996. The first-order valence-electron chi connectivity index (χ1n) is 21.4. The molecular formula is C47H56ClN7O7S. The van der Waals surface area contributed by atoms with E-state index in [1.807, 2.05) is 17.0 Å². The van der Waals surface area contributed by atoms with Gasteiger partial charge in [-0.2, -0.15) is 0 Å². The van der Waals surface area contributed by atoms with E-state index >= 15 is 0 Å². The van der Waals surface area contributed by atoms with Crippen molar-refractivity contribution in [1.82, 2.24) is 19.8 Å². The summed E-state index contributed by atoms with van der Waals surface area (Å²) >= 11 is 6.24. The largest absolute Gasteiger partial charge is 0.456 e. The van der Waals surface area contributed by atoms with E-state index in [-0.39, 0.29) is 51.4 Å². The SMILES string of the molecule is CN(C)C(=O)c1ccccc1Oc1cc(N2CCN(CC3=C(c4ccc(Cl)cc4)CC(C)(C)CC3)CC2)ccc1C(=O)NS(=O)(=O)c1ccc(N(C)C2CCNCC2)c([N+](=O)[O-])c1. The van der Waals surface area contributed by atoms with Gasteiger partial charge in [-0.05, 0) is 110 Å². The van der Waals surface area contributed by atoms with E-state index in [0.29, 0.717) is 13.1 Å². The van der Waals surface area contributed by atoms with Crippen LogP contribution in [0.2, 0.25) is 5.02 Å². The molecule has 14 nitrogen and oxygen atoms in total.